The smallest absolute Gasteiger partial charge is 0.266 e. The largest absolute Gasteiger partial charge is 0.338 e. The summed E-state index contributed by atoms with van der Waals surface area (Å²) in [6.45, 7) is 2.10. The summed E-state index contributed by atoms with van der Waals surface area (Å²) in [5, 5.41) is 4.14. The van der Waals surface area contributed by atoms with Gasteiger partial charge in [0.15, 0.2) is 0 Å². The molecule has 2 aliphatic rings. The van der Waals surface area contributed by atoms with Crippen molar-refractivity contribution in [1.29, 1.82) is 0 Å². The van der Waals surface area contributed by atoms with Crippen molar-refractivity contribution in [2.45, 2.75) is 56.9 Å². The normalized spacial score (nSPS) is 29.5. The molecule has 0 bridgehead atoms. The van der Waals surface area contributed by atoms with Crippen LogP contribution in [0.1, 0.15) is 56.8 Å². The second-order valence-electron chi connectivity index (χ2n) is 5.54. The molecule has 1 aliphatic heterocycles. The molecular weight excluding hydrogens is 228 g/mol. The average Bonchev–Trinajstić information content (AvgIpc) is 2.91. The van der Waals surface area contributed by atoms with Gasteiger partial charge < -0.3 is 15.2 Å². The molecule has 1 aliphatic carbocycles. The van der Waals surface area contributed by atoms with Crippen LogP contribution in [0.25, 0.3) is 0 Å². The molecule has 0 radical (unpaired) electrons. The molecule has 100 valence electrons. The van der Waals surface area contributed by atoms with Gasteiger partial charge in [-0.1, -0.05) is 19.3 Å². The second kappa shape index (κ2) is 5.26. The molecule has 0 spiro atoms. The molecule has 1 saturated carbocycles. The number of aromatic nitrogens is 2. The van der Waals surface area contributed by atoms with E-state index in [2.05, 4.69) is 15.0 Å². The third-order valence-electron chi connectivity index (χ3n) is 4.21. The quantitative estimate of drug-likeness (QED) is 0.870. The molecule has 5 heteroatoms. The molecule has 3 rings (SSSR count). The van der Waals surface area contributed by atoms with E-state index >= 15 is 0 Å². The average molecular weight is 250 g/mol. The zero-order chi connectivity index (χ0) is 12.4. The van der Waals surface area contributed by atoms with Crippen LogP contribution in [-0.2, 0) is 0 Å². The maximum Gasteiger partial charge on any atom is 0.266 e. The molecule has 0 aromatic carbocycles. The molecule has 2 N–H and O–H groups in total. The number of nitrogens with zero attached hydrogens (tertiary/aromatic N) is 3. The Morgan fingerprint density at radius 1 is 1.06 bits per heavy atom. The van der Waals surface area contributed by atoms with Crippen LogP contribution < -0.4 is 10.6 Å². The lowest BCUT2D eigenvalue weighted by Crippen LogP contribution is -2.25. The van der Waals surface area contributed by atoms with Crippen LogP contribution in [0.3, 0.4) is 0 Å². The Kier molecular flexibility index (Phi) is 3.50. The van der Waals surface area contributed by atoms with Gasteiger partial charge in [-0.05, 0) is 30.8 Å². The van der Waals surface area contributed by atoms with Gasteiger partial charge >= 0.3 is 0 Å². The van der Waals surface area contributed by atoms with Crippen LogP contribution in [0.15, 0.2) is 4.52 Å². The molecule has 1 aromatic heterocycles. The van der Waals surface area contributed by atoms with Gasteiger partial charge in [0.2, 0.25) is 5.89 Å². The zero-order valence-electron chi connectivity index (χ0n) is 10.8. The summed E-state index contributed by atoms with van der Waals surface area (Å²) in [6.07, 6.45) is 8.42. The van der Waals surface area contributed by atoms with E-state index in [0.29, 0.717) is 0 Å². The molecular formula is C13H22N4O. The first kappa shape index (κ1) is 12.0. The lowest BCUT2D eigenvalue weighted by molar-refractivity contribution is 0.344. The lowest BCUT2D eigenvalue weighted by atomic mass is 10.1. The van der Waals surface area contributed by atoms with Crippen LogP contribution in [0.2, 0.25) is 0 Å². The minimum absolute atomic E-state index is 0.197. The van der Waals surface area contributed by atoms with Gasteiger partial charge in [0.05, 0.1) is 5.92 Å². The molecule has 1 saturated heterocycles. The summed E-state index contributed by atoms with van der Waals surface area (Å²) in [5.41, 5.74) is 6.08. The van der Waals surface area contributed by atoms with Crippen LogP contribution >= 0.6 is 0 Å². The van der Waals surface area contributed by atoms with Gasteiger partial charge in [0, 0.05) is 19.1 Å². The van der Waals surface area contributed by atoms with E-state index in [4.69, 9.17) is 10.3 Å². The highest BCUT2D eigenvalue weighted by Crippen LogP contribution is 2.33. The van der Waals surface area contributed by atoms with Gasteiger partial charge in [-0.15, -0.1) is 0 Å². The van der Waals surface area contributed by atoms with Gasteiger partial charge in [-0.2, -0.15) is 4.98 Å². The Morgan fingerprint density at radius 3 is 2.50 bits per heavy atom. The van der Waals surface area contributed by atoms with Crippen molar-refractivity contribution in [1.82, 2.24) is 10.1 Å². The maximum atomic E-state index is 6.08. The Bertz CT molecular complexity index is 384. The fraction of sp³-hybridized carbons (Fsp3) is 0.846. The van der Waals surface area contributed by atoms with Crippen molar-refractivity contribution in [3.8, 4) is 0 Å². The third kappa shape index (κ3) is 2.36. The summed E-state index contributed by atoms with van der Waals surface area (Å²) in [6, 6.07) is 0.197. The van der Waals surface area contributed by atoms with E-state index in [9.17, 15) is 0 Å². The SMILES string of the molecule is NC1CCCC1c1nc(N2CCCCCC2)no1. The van der Waals surface area contributed by atoms with Gasteiger partial charge in [-0.3, -0.25) is 0 Å². The molecule has 1 aromatic rings. The van der Waals surface area contributed by atoms with Crippen LogP contribution in [0.5, 0.6) is 0 Å². The fourth-order valence-corrected chi connectivity index (χ4v) is 3.07. The second-order valence-corrected chi connectivity index (χ2v) is 5.54. The Morgan fingerprint density at radius 2 is 1.83 bits per heavy atom. The number of anilines is 1. The summed E-state index contributed by atoms with van der Waals surface area (Å²) in [4.78, 5) is 6.83. The minimum Gasteiger partial charge on any atom is -0.338 e. The molecule has 18 heavy (non-hydrogen) atoms. The van der Waals surface area contributed by atoms with Crippen molar-refractivity contribution < 1.29 is 4.52 Å². The van der Waals surface area contributed by atoms with Gasteiger partial charge in [0.25, 0.3) is 5.95 Å². The summed E-state index contributed by atoms with van der Waals surface area (Å²) in [7, 11) is 0. The predicted molar refractivity (Wildman–Crippen MR) is 69.5 cm³/mol. The van der Waals surface area contributed by atoms with E-state index in [-0.39, 0.29) is 12.0 Å². The highest BCUT2D eigenvalue weighted by molar-refractivity contribution is 5.28. The van der Waals surface area contributed by atoms with Crippen LogP contribution in [0.4, 0.5) is 5.95 Å². The highest BCUT2D eigenvalue weighted by atomic mass is 16.5. The zero-order valence-corrected chi connectivity index (χ0v) is 10.8. The predicted octanol–water partition coefficient (Wildman–Crippen LogP) is 2.04. The van der Waals surface area contributed by atoms with Crippen LogP contribution in [-0.4, -0.2) is 29.3 Å². The summed E-state index contributed by atoms with van der Waals surface area (Å²) >= 11 is 0. The van der Waals surface area contributed by atoms with Crippen molar-refractivity contribution in [2.24, 2.45) is 5.73 Å². The van der Waals surface area contributed by atoms with Crippen molar-refractivity contribution in [3.63, 3.8) is 0 Å². The number of rotatable bonds is 2. The lowest BCUT2D eigenvalue weighted by Gasteiger charge is -2.16. The third-order valence-corrected chi connectivity index (χ3v) is 4.21. The maximum absolute atomic E-state index is 6.08. The van der Waals surface area contributed by atoms with E-state index in [1.807, 2.05) is 0 Å². The van der Waals surface area contributed by atoms with E-state index in [1.165, 1.54) is 32.1 Å². The first-order valence-electron chi connectivity index (χ1n) is 7.19. The van der Waals surface area contributed by atoms with E-state index in [0.717, 1.165) is 37.8 Å². The number of nitrogens with two attached hydrogens (primary N) is 1. The Balaban J connectivity index is 1.72. The standard InChI is InChI=1S/C13H22N4O/c14-11-7-5-6-10(11)12-15-13(16-18-12)17-8-3-1-2-4-9-17/h10-11H,1-9,14H2. The molecule has 0 amide bonds. The molecule has 5 nitrogen and oxygen atoms in total. The van der Waals surface area contributed by atoms with Gasteiger partial charge in [-0.25, -0.2) is 0 Å². The van der Waals surface area contributed by atoms with Gasteiger partial charge in [0.1, 0.15) is 0 Å². The van der Waals surface area contributed by atoms with E-state index in [1.54, 1.807) is 0 Å². The summed E-state index contributed by atoms with van der Waals surface area (Å²) < 4.78 is 5.43. The van der Waals surface area contributed by atoms with Crippen molar-refractivity contribution in [2.75, 3.05) is 18.0 Å². The minimum atomic E-state index is 0.197. The fourth-order valence-electron chi connectivity index (χ4n) is 3.07. The summed E-state index contributed by atoms with van der Waals surface area (Å²) in [5.74, 6) is 1.79. The van der Waals surface area contributed by atoms with E-state index < -0.39 is 0 Å². The number of hydrogen-bond donors (Lipinski definition) is 1. The Labute approximate surface area is 108 Å². The monoisotopic (exact) mass is 250 g/mol. The molecule has 2 unspecified atom stereocenters. The van der Waals surface area contributed by atoms with Crippen molar-refractivity contribution in [3.05, 3.63) is 5.89 Å². The first-order chi connectivity index (χ1) is 8.84. The molecule has 2 atom stereocenters. The number of hydrogen-bond acceptors (Lipinski definition) is 5. The van der Waals surface area contributed by atoms with Crippen LogP contribution in [0, 0.1) is 0 Å². The Hall–Kier alpha value is -1.10. The topological polar surface area (TPSA) is 68.2 Å². The highest BCUT2D eigenvalue weighted by Gasteiger charge is 2.30. The molecule has 2 fully saturated rings. The first-order valence-corrected chi connectivity index (χ1v) is 7.19. The molecule has 2 heterocycles. The van der Waals surface area contributed by atoms with Crippen molar-refractivity contribution >= 4 is 5.95 Å².